The van der Waals surface area contributed by atoms with Crippen LogP contribution in [0.15, 0.2) is 0 Å². The number of nitrogens with one attached hydrogen (secondary N) is 2. The van der Waals surface area contributed by atoms with Gasteiger partial charge in [-0.1, -0.05) is 0 Å². The lowest BCUT2D eigenvalue weighted by molar-refractivity contribution is -0.133. The topological polar surface area (TPSA) is 64.7 Å². The van der Waals surface area contributed by atoms with Crippen LogP contribution in [0, 0.1) is 0 Å². The molecule has 96 valence electrons. The van der Waals surface area contributed by atoms with E-state index in [0.717, 1.165) is 13.0 Å². The third kappa shape index (κ3) is 2.69. The maximum Gasteiger partial charge on any atom is 0.317 e. The maximum absolute atomic E-state index is 11.9. The van der Waals surface area contributed by atoms with Crippen molar-refractivity contribution in [2.24, 2.45) is 0 Å². The fraction of sp³-hybridized carbons (Fsp3) is 0.818. The average molecular weight is 240 g/mol. The molecular weight excluding hydrogens is 220 g/mol. The van der Waals surface area contributed by atoms with Crippen molar-refractivity contribution in [1.29, 1.82) is 0 Å². The van der Waals surface area contributed by atoms with Crippen LogP contribution in [-0.2, 0) is 4.79 Å². The normalized spacial score (nSPS) is 23.6. The summed E-state index contributed by atoms with van der Waals surface area (Å²) in [7, 11) is 1.89. The lowest BCUT2D eigenvalue weighted by Gasteiger charge is -2.36. The summed E-state index contributed by atoms with van der Waals surface area (Å²) in [4.78, 5) is 27.0. The van der Waals surface area contributed by atoms with Crippen molar-refractivity contribution < 1.29 is 9.59 Å². The van der Waals surface area contributed by atoms with Crippen LogP contribution < -0.4 is 10.6 Å². The molecule has 0 radical (unpaired) electrons. The molecule has 0 aliphatic carbocycles. The Morgan fingerprint density at radius 2 is 2.35 bits per heavy atom. The van der Waals surface area contributed by atoms with Crippen LogP contribution in [0.4, 0.5) is 4.79 Å². The van der Waals surface area contributed by atoms with E-state index in [2.05, 4.69) is 10.6 Å². The van der Waals surface area contributed by atoms with Crippen molar-refractivity contribution in [3.05, 3.63) is 0 Å². The van der Waals surface area contributed by atoms with Crippen LogP contribution in [0.2, 0.25) is 0 Å². The van der Waals surface area contributed by atoms with Crippen LogP contribution in [0.1, 0.15) is 12.8 Å². The van der Waals surface area contributed by atoms with Crippen molar-refractivity contribution in [2.75, 3.05) is 39.8 Å². The first-order chi connectivity index (χ1) is 8.22. The number of hydrogen-bond donors (Lipinski definition) is 2. The zero-order valence-corrected chi connectivity index (χ0v) is 10.2. The first kappa shape index (κ1) is 12.2. The van der Waals surface area contributed by atoms with Crippen molar-refractivity contribution in [3.63, 3.8) is 0 Å². The summed E-state index contributed by atoms with van der Waals surface area (Å²) in [6.45, 7) is 3.54. The van der Waals surface area contributed by atoms with E-state index in [1.807, 2.05) is 16.8 Å². The van der Waals surface area contributed by atoms with Crippen molar-refractivity contribution in [1.82, 2.24) is 20.4 Å². The summed E-state index contributed by atoms with van der Waals surface area (Å²) in [6, 6.07) is 0.182. The van der Waals surface area contributed by atoms with Gasteiger partial charge in [0.15, 0.2) is 0 Å². The van der Waals surface area contributed by atoms with Gasteiger partial charge in [-0.3, -0.25) is 4.79 Å². The van der Waals surface area contributed by atoms with Crippen molar-refractivity contribution in [3.8, 4) is 0 Å². The molecule has 2 aliphatic rings. The molecule has 2 fully saturated rings. The molecule has 0 aromatic heterocycles. The van der Waals surface area contributed by atoms with Gasteiger partial charge in [-0.2, -0.15) is 0 Å². The average Bonchev–Trinajstić information content (AvgIpc) is 2.71. The Labute approximate surface area is 101 Å². The molecule has 0 aromatic carbocycles. The molecule has 2 N–H and O–H groups in total. The van der Waals surface area contributed by atoms with Gasteiger partial charge in [0.2, 0.25) is 5.91 Å². The van der Waals surface area contributed by atoms with Gasteiger partial charge in [0, 0.05) is 32.6 Å². The molecule has 2 saturated heterocycles. The second kappa shape index (κ2) is 5.35. The number of urea groups is 1. The molecule has 1 atom stereocenters. The quantitative estimate of drug-likeness (QED) is 0.634. The van der Waals surface area contributed by atoms with Crippen LogP contribution in [0.5, 0.6) is 0 Å². The molecule has 6 heteroatoms. The summed E-state index contributed by atoms with van der Waals surface area (Å²) in [5.41, 5.74) is 0. The lowest BCUT2D eigenvalue weighted by atomic mass is 10.1. The monoisotopic (exact) mass is 240 g/mol. The van der Waals surface area contributed by atoms with Gasteiger partial charge in [0.25, 0.3) is 0 Å². The number of nitrogens with zero attached hydrogens (tertiary/aromatic N) is 2. The smallest absolute Gasteiger partial charge is 0.317 e. The Balaban J connectivity index is 1.80. The summed E-state index contributed by atoms with van der Waals surface area (Å²) in [5, 5.41) is 5.85. The van der Waals surface area contributed by atoms with E-state index in [4.69, 9.17) is 0 Å². The van der Waals surface area contributed by atoms with Crippen LogP contribution in [-0.4, -0.2) is 67.6 Å². The molecule has 6 nitrogen and oxygen atoms in total. The van der Waals surface area contributed by atoms with E-state index in [-0.39, 0.29) is 18.0 Å². The van der Waals surface area contributed by atoms with Gasteiger partial charge in [-0.15, -0.1) is 0 Å². The van der Waals surface area contributed by atoms with Crippen LogP contribution in [0.25, 0.3) is 0 Å². The Morgan fingerprint density at radius 3 is 3.12 bits per heavy atom. The Bertz CT molecular complexity index is 308. The van der Waals surface area contributed by atoms with E-state index >= 15 is 0 Å². The number of carbonyl (C=O) groups excluding carboxylic acids is 2. The molecule has 0 aromatic rings. The molecule has 0 spiro atoms. The summed E-state index contributed by atoms with van der Waals surface area (Å²) >= 11 is 0. The predicted octanol–water partition coefficient (Wildman–Crippen LogP) is -0.778. The highest BCUT2D eigenvalue weighted by molar-refractivity contribution is 5.79. The van der Waals surface area contributed by atoms with Gasteiger partial charge in [-0.25, -0.2) is 4.79 Å². The van der Waals surface area contributed by atoms with Gasteiger partial charge >= 0.3 is 6.03 Å². The third-order valence-electron chi connectivity index (χ3n) is 3.40. The number of rotatable bonds is 4. The molecule has 0 saturated carbocycles. The van der Waals surface area contributed by atoms with Crippen molar-refractivity contribution >= 4 is 11.9 Å². The summed E-state index contributed by atoms with van der Waals surface area (Å²) < 4.78 is 0. The molecule has 17 heavy (non-hydrogen) atoms. The second-order valence-corrected chi connectivity index (χ2v) is 4.58. The minimum absolute atomic E-state index is 0.0114. The minimum atomic E-state index is 0.0114. The lowest BCUT2D eigenvalue weighted by Crippen LogP contribution is -2.53. The standard InChI is InChI=1S/C11H20N4O2/c1-12-4-2-3-10(16)14-5-6-15-9(8-14)7-13-11(15)17/h9,12H,2-8H2,1H3,(H,13,17). The highest BCUT2D eigenvalue weighted by Gasteiger charge is 2.36. The first-order valence-electron chi connectivity index (χ1n) is 6.19. The number of hydrogen-bond acceptors (Lipinski definition) is 3. The van der Waals surface area contributed by atoms with E-state index in [1.54, 1.807) is 0 Å². The Hall–Kier alpha value is -1.30. The predicted molar refractivity (Wildman–Crippen MR) is 63.6 cm³/mol. The maximum atomic E-state index is 11.9. The van der Waals surface area contributed by atoms with Crippen molar-refractivity contribution in [2.45, 2.75) is 18.9 Å². The third-order valence-corrected chi connectivity index (χ3v) is 3.40. The number of fused-ring (bicyclic) bond motifs is 1. The van der Waals surface area contributed by atoms with Crippen LogP contribution in [0.3, 0.4) is 0 Å². The minimum Gasteiger partial charge on any atom is -0.339 e. The molecule has 0 bridgehead atoms. The molecule has 2 aliphatic heterocycles. The Morgan fingerprint density at radius 1 is 1.53 bits per heavy atom. The number of carbonyl (C=O) groups is 2. The van der Waals surface area contributed by atoms with Crippen LogP contribution >= 0.6 is 0 Å². The molecule has 1 unspecified atom stereocenters. The Kier molecular flexibility index (Phi) is 3.83. The van der Waals surface area contributed by atoms with Gasteiger partial charge in [0.05, 0.1) is 6.04 Å². The summed E-state index contributed by atoms with van der Waals surface area (Å²) in [5.74, 6) is 0.208. The molecule has 2 rings (SSSR count). The summed E-state index contributed by atoms with van der Waals surface area (Å²) in [6.07, 6.45) is 1.46. The molecule has 3 amide bonds. The highest BCUT2D eigenvalue weighted by Crippen LogP contribution is 2.15. The first-order valence-corrected chi connectivity index (χ1v) is 6.19. The van der Waals surface area contributed by atoms with E-state index < -0.39 is 0 Å². The molecular formula is C11H20N4O2. The second-order valence-electron chi connectivity index (χ2n) is 4.58. The van der Waals surface area contributed by atoms with Gasteiger partial charge in [0.1, 0.15) is 0 Å². The SMILES string of the molecule is CNCCCC(=O)N1CCN2C(=O)NCC2C1. The fourth-order valence-corrected chi connectivity index (χ4v) is 2.41. The van der Waals surface area contributed by atoms with E-state index in [0.29, 0.717) is 32.6 Å². The number of piperazine rings is 1. The zero-order chi connectivity index (χ0) is 12.3. The van der Waals surface area contributed by atoms with Gasteiger partial charge in [-0.05, 0) is 20.0 Å². The molecule has 2 heterocycles. The zero-order valence-electron chi connectivity index (χ0n) is 10.2. The fourth-order valence-electron chi connectivity index (χ4n) is 2.41. The largest absolute Gasteiger partial charge is 0.339 e. The highest BCUT2D eigenvalue weighted by atomic mass is 16.2. The number of amides is 3. The van der Waals surface area contributed by atoms with Gasteiger partial charge < -0.3 is 20.4 Å². The van der Waals surface area contributed by atoms with E-state index in [9.17, 15) is 9.59 Å². The van der Waals surface area contributed by atoms with E-state index in [1.165, 1.54) is 0 Å².